The van der Waals surface area contributed by atoms with Crippen LogP contribution in [0, 0.1) is 6.92 Å². The van der Waals surface area contributed by atoms with Crippen LogP contribution in [0.5, 0.6) is 0 Å². The van der Waals surface area contributed by atoms with Crippen molar-refractivity contribution in [3.63, 3.8) is 0 Å². The first-order valence-corrected chi connectivity index (χ1v) is 7.81. The largest absolute Gasteiger partial charge is 0.349 e. The molecule has 5 heteroatoms. The van der Waals surface area contributed by atoms with Gasteiger partial charge in [0, 0.05) is 18.9 Å². The van der Waals surface area contributed by atoms with Crippen LogP contribution in [0.2, 0.25) is 5.02 Å². The lowest BCUT2D eigenvalue weighted by atomic mass is 9.90. The minimum atomic E-state index is -0.386. The summed E-state index contributed by atoms with van der Waals surface area (Å²) < 4.78 is 11.4. The van der Waals surface area contributed by atoms with E-state index in [2.05, 4.69) is 5.32 Å². The monoisotopic (exact) mass is 309 g/mol. The molecule has 1 aliphatic heterocycles. The van der Waals surface area contributed by atoms with Crippen LogP contribution in [0.3, 0.4) is 0 Å². The second-order valence-corrected chi connectivity index (χ2v) is 6.25. The molecule has 114 valence electrons. The summed E-state index contributed by atoms with van der Waals surface area (Å²) in [7, 11) is 0. The Labute approximate surface area is 129 Å². The maximum atomic E-state index is 12.3. The number of ether oxygens (including phenoxy) is 2. The highest BCUT2D eigenvalue weighted by molar-refractivity contribution is 6.33. The number of halogens is 1. The summed E-state index contributed by atoms with van der Waals surface area (Å²) in [4.78, 5) is 12.3. The van der Waals surface area contributed by atoms with E-state index in [-0.39, 0.29) is 17.7 Å². The third kappa shape index (κ3) is 3.23. The number of hydrogen-bond donors (Lipinski definition) is 1. The number of hydrogen-bond acceptors (Lipinski definition) is 3. The van der Waals surface area contributed by atoms with Crippen molar-refractivity contribution in [2.45, 2.75) is 44.4 Å². The Hall–Kier alpha value is -1.10. The fraction of sp³-hybridized carbons (Fsp3) is 0.562. The van der Waals surface area contributed by atoms with E-state index in [1.165, 1.54) is 0 Å². The number of amides is 1. The number of nitrogens with one attached hydrogen (secondary N) is 1. The molecule has 0 radical (unpaired) electrons. The van der Waals surface area contributed by atoms with Crippen LogP contribution in [0.1, 0.15) is 41.6 Å². The van der Waals surface area contributed by atoms with Crippen LogP contribution in [-0.2, 0) is 9.47 Å². The minimum Gasteiger partial charge on any atom is -0.349 e. The number of aryl methyl sites for hydroxylation is 1. The van der Waals surface area contributed by atoms with Crippen LogP contribution < -0.4 is 5.32 Å². The van der Waals surface area contributed by atoms with Crippen LogP contribution in [-0.4, -0.2) is 30.9 Å². The topological polar surface area (TPSA) is 47.6 Å². The molecule has 1 aliphatic carbocycles. The fourth-order valence-electron chi connectivity index (χ4n) is 3.06. The summed E-state index contributed by atoms with van der Waals surface area (Å²) in [6.45, 7) is 3.31. The molecule has 1 saturated heterocycles. The zero-order valence-electron chi connectivity index (χ0n) is 12.2. The first-order chi connectivity index (χ1) is 10.1. The highest BCUT2D eigenvalue weighted by atomic mass is 35.5. The highest BCUT2D eigenvalue weighted by Crippen LogP contribution is 2.35. The van der Waals surface area contributed by atoms with E-state index in [1.54, 1.807) is 6.07 Å². The first kappa shape index (κ1) is 14.8. The van der Waals surface area contributed by atoms with E-state index in [9.17, 15) is 4.79 Å². The van der Waals surface area contributed by atoms with Crippen molar-refractivity contribution < 1.29 is 14.3 Å². The summed E-state index contributed by atoms with van der Waals surface area (Å²) in [5, 5.41) is 3.57. The predicted octanol–water partition coefficient (Wildman–Crippen LogP) is 3.06. The lowest BCUT2D eigenvalue weighted by Gasteiger charge is -2.35. The molecular formula is C16H20ClNO3. The molecule has 0 aromatic heterocycles. The molecule has 21 heavy (non-hydrogen) atoms. The third-order valence-electron chi connectivity index (χ3n) is 4.27. The molecule has 3 rings (SSSR count). The van der Waals surface area contributed by atoms with Crippen molar-refractivity contribution in [3.8, 4) is 0 Å². The SMILES string of the molecule is Cc1ccc(C(=O)NC2CCC3(CC2)OCCO3)c(Cl)c1. The van der Waals surface area contributed by atoms with Crippen molar-refractivity contribution in [2.75, 3.05) is 13.2 Å². The van der Waals surface area contributed by atoms with Gasteiger partial charge in [-0.05, 0) is 37.5 Å². The summed E-state index contributed by atoms with van der Waals surface area (Å²) in [6.07, 6.45) is 3.41. The number of carbonyl (C=O) groups is 1. The van der Waals surface area contributed by atoms with Gasteiger partial charge in [-0.25, -0.2) is 0 Å². The van der Waals surface area contributed by atoms with Gasteiger partial charge in [0.2, 0.25) is 0 Å². The molecule has 1 amide bonds. The lowest BCUT2D eigenvalue weighted by Crippen LogP contribution is -2.44. The summed E-state index contributed by atoms with van der Waals surface area (Å²) in [5.41, 5.74) is 1.59. The summed E-state index contributed by atoms with van der Waals surface area (Å²) in [6, 6.07) is 5.65. The molecule has 0 atom stereocenters. The zero-order chi connectivity index (χ0) is 14.9. The van der Waals surface area contributed by atoms with Crippen molar-refractivity contribution in [2.24, 2.45) is 0 Å². The molecule has 1 saturated carbocycles. The molecule has 1 aromatic carbocycles. The van der Waals surface area contributed by atoms with Gasteiger partial charge in [0.05, 0.1) is 23.8 Å². The van der Waals surface area contributed by atoms with Gasteiger partial charge in [0.15, 0.2) is 5.79 Å². The Morgan fingerprint density at radius 3 is 2.57 bits per heavy atom. The van der Waals surface area contributed by atoms with Gasteiger partial charge in [0.1, 0.15) is 0 Å². The molecule has 0 bridgehead atoms. The van der Waals surface area contributed by atoms with E-state index < -0.39 is 0 Å². The Morgan fingerprint density at radius 2 is 1.95 bits per heavy atom. The summed E-state index contributed by atoms with van der Waals surface area (Å²) >= 11 is 6.14. The van der Waals surface area contributed by atoms with Crippen LogP contribution >= 0.6 is 11.6 Å². The number of rotatable bonds is 2. The molecule has 0 unspecified atom stereocenters. The smallest absolute Gasteiger partial charge is 0.253 e. The van der Waals surface area contributed by atoms with Crippen LogP contribution in [0.4, 0.5) is 0 Å². The molecule has 1 spiro atoms. The number of benzene rings is 1. The van der Waals surface area contributed by atoms with Gasteiger partial charge in [-0.2, -0.15) is 0 Å². The van der Waals surface area contributed by atoms with E-state index in [4.69, 9.17) is 21.1 Å². The van der Waals surface area contributed by atoms with Gasteiger partial charge >= 0.3 is 0 Å². The van der Waals surface area contributed by atoms with Gasteiger partial charge in [0.25, 0.3) is 5.91 Å². The van der Waals surface area contributed by atoms with Crippen LogP contribution in [0.15, 0.2) is 18.2 Å². The Morgan fingerprint density at radius 1 is 1.29 bits per heavy atom. The Balaban J connectivity index is 1.58. The van der Waals surface area contributed by atoms with Crippen LogP contribution in [0.25, 0.3) is 0 Å². The Kier molecular flexibility index (Phi) is 4.20. The standard InChI is InChI=1S/C16H20ClNO3/c1-11-2-3-13(14(17)10-11)15(19)18-12-4-6-16(7-5-12)20-8-9-21-16/h2-3,10,12H,4-9H2,1H3,(H,18,19). The molecule has 1 aromatic rings. The maximum Gasteiger partial charge on any atom is 0.253 e. The van der Waals surface area contributed by atoms with E-state index in [0.717, 1.165) is 31.2 Å². The predicted molar refractivity (Wildman–Crippen MR) is 80.5 cm³/mol. The number of carbonyl (C=O) groups excluding carboxylic acids is 1. The molecule has 4 nitrogen and oxygen atoms in total. The molecular weight excluding hydrogens is 290 g/mol. The van der Waals surface area contributed by atoms with Gasteiger partial charge in [-0.3, -0.25) is 4.79 Å². The van der Waals surface area contributed by atoms with Gasteiger partial charge in [-0.15, -0.1) is 0 Å². The van der Waals surface area contributed by atoms with Crippen molar-refractivity contribution >= 4 is 17.5 Å². The minimum absolute atomic E-state index is 0.103. The summed E-state index contributed by atoms with van der Waals surface area (Å²) in [5.74, 6) is -0.489. The quantitative estimate of drug-likeness (QED) is 0.913. The Bertz CT molecular complexity index is 530. The third-order valence-corrected chi connectivity index (χ3v) is 4.58. The molecule has 1 heterocycles. The molecule has 1 N–H and O–H groups in total. The van der Waals surface area contributed by atoms with E-state index in [0.29, 0.717) is 23.8 Å². The normalized spacial score (nSPS) is 21.6. The maximum absolute atomic E-state index is 12.3. The zero-order valence-corrected chi connectivity index (χ0v) is 12.9. The van der Waals surface area contributed by atoms with Gasteiger partial charge < -0.3 is 14.8 Å². The van der Waals surface area contributed by atoms with Crippen molar-refractivity contribution in [1.82, 2.24) is 5.32 Å². The second kappa shape index (κ2) is 5.95. The second-order valence-electron chi connectivity index (χ2n) is 5.84. The molecule has 2 aliphatic rings. The highest BCUT2D eigenvalue weighted by Gasteiger charge is 2.40. The van der Waals surface area contributed by atoms with E-state index in [1.807, 2.05) is 19.1 Å². The molecule has 2 fully saturated rings. The average molecular weight is 310 g/mol. The van der Waals surface area contributed by atoms with Crippen molar-refractivity contribution in [1.29, 1.82) is 0 Å². The van der Waals surface area contributed by atoms with Crippen molar-refractivity contribution in [3.05, 3.63) is 34.3 Å². The lowest BCUT2D eigenvalue weighted by molar-refractivity contribution is -0.179. The fourth-order valence-corrected chi connectivity index (χ4v) is 3.38. The van der Waals surface area contributed by atoms with Gasteiger partial charge in [-0.1, -0.05) is 17.7 Å². The van der Waals surface area contributed by atoms with E-state index >= 15 is 0 Å². The average Bonchev–Trinajstić information content (AvgIpc) is 2.90. The first-order valence-electron chi connectivity index (χ1n) is 7.43.